The van der Waals surface area contributed by atoms with Gasteiger partial charge in [-0.25, -0.2) is 0 Å². The van der Waals surface area contributed by atoms with Crippen molar-refractivity contribution in [1.82, 2.24) is 9.80 Å². The molecule has 0 bridgehead atoms. The third-order valence-electron chi connectivity index (χ3n) is 5.25. The van der Waals surface area contributed by atoms with Crippen LogP contribution in [-0.2, 0) is 16.1 Å². The summed E-state index contributed by atoms with van der Waals surface area (Å²) in [6, 6.07) is 8.10. The zero-order valence-corrected chi connectivity index (χ0v) is 14.8. The van der Waals surface area contributed by atoms with Crippen molar-refractivity contribution in [2.75, 3.05) is 31.5 Å². The Hall–Kier alpha value is -1.88. The number of benzene rings is 1. The fraction of sp³-hybridized carbons (Fsp3) is 0.579. The Morgan fingerprint density at radius 2 is 1.88 bits per heavy atom. The van der Waals surface area contributed by atoms with Crippen molar-refractivity contribution in [3.05, 3.63) is 29.8 Å². The molecule has 1 heterocycles. The van der Waals surface area contributed by atoms with E-state index in [4.69, 9.17) is 0 Å². The number of piperazine rings is 1. The van der Waals surface area contributed by atoms with Crippen molar-refractivity contribution in [3.63, 3.8) is 0 Å². The minimum atomic E-state index is 0.132. The summed E-state index contributed by atoms with van der Waals surface area (Å²) < 4.78 is 0. The number of hydrogen-bond donors (Lipinski definition) is 1. The minimum absolute atomic E-state index is 0.132. The molecule has 2 fully saturated rings. The molecule has 0 spiro atoms. The van der Waals surface area contributed by atoms with Gasteiger partial charge in [0.15, 0.2) is 0 Å². The van der Waals surface area contributed by atoms with Crippen molar-refractivity contribution in [2.45, 2.75) is 33.7 Å². The van der Waals surface area contributed by atoms with Crippen molar-refractivity contribution >= 4 is 17.5 Å². The maximum Gasteiger partial charge on any atom is 0.228 e. The van der Waals surface area contributed by atoms with Crippen molar-refractivity contribution in [2.24, 2.45) is 11.3 Å². The van der Waals surface area contributed by atoms with Crippen LogP contribution in [0.3, 0.4) is 0 Å². The van der Waals surface area contributed by atoms with Crippen LogP contribution in [-0.4, -0.2) is 47.8 Å². The Morgan fingerprint density at radius 3 is 2.46 bits per heavy atom. The van der Waals surface area contributed by atoms with Crippen LogP contribution in [0, 0.1) is 11.3 Å². The number of carbonyl (C=O) groups is 2. The van der Waals surface area contributed by atoms with Gasteiger partial charge < -0.3 is 10.2 Å². The maximum absolute atomic E-state index is 12.2. The molecule has 1 atom stereocenters. The first-order chi connectivity index (χ1) is 11.3. The second-order valence-electron chi connectivity index (χ2n) is 7.72. The highest BCUT2D eigenvalue weighted by molar-refractivity contribution is 5.95. The molecule has 1 aromatic carbocycles. The average molecular weight is 329 g/mol. The normalized spacial score (nSPS) is 23.0. The lowest BCUT2D eigenvalue weighted by molar-refractivity contribution is -0.130. The molecule has 5 nitrogen and oxygen atoms in total. The van der Waals surface area contributed by atoms with Gasteiger partial charge in [-0.1, -0.05) is 26.0 Å². The van der Waals surface area contributed by atoms with E-state index in [1.807, 2.05) is 17.0 Å². The van der Waals surface area contributed by atoms with Crippen LogP contribution in [0.1, 0.15) is 32.8 Å². The van der Waals surface area contributed by atoms with Gasteiger partial charge in [0.05, 0.1) is 0 Å². The van der Waals surface area contributed by atoms with Gasteiger partial charge in [-0.05, 0) is 29.5 Å². The molecule has 24 heavy (non-hydrogen) atoms. The van der Waals surface area contributed by atoms with Crippen molar-refractivity contribution in [1.29, 1.82) is 0 Å². The molecule has 2 aliphatic rings. The van der Waals surface area contributed by atoms with Crippen LogP contribution in [0.4, 0.5) is 5.69 Å². The van der Waals surface area contributed by atoms with E-state index in [1.54, 1.807) is 6.92 Å². The number of nitrogens with one attached hydrogen (secondary N) is 1. The van der Waals surface area contributed by atoms with Gasteiger partial charge in [-0.15, -0.1) is 0 Å². The fourth-order valence-corrected chi connectivity index (χ4v) is 3.37. The summed E-state index contributed by atoms with van der Waals surface area (Å²) in [5.74, 6) is 0.426. The summed E-state index contributed by atoms with van der Waals surface area (Å²) in [4.78, 5) is 27.9. The molecule has 1 aliphatic heterocycles. The summed E-state index contributed by atoms with van der Waals surface area (Å²) in [6.45, 7) is 10.1. The van der Waals surface area contributed by atoms with Gasteiger partial charge in [-0.3, -0.25) is 14.5 Å². The van der Waals surface area contributed by atoms with E-state index in [2.05, 4.69) is 36.2 Å². The van der Waals surface area contributed by atoms with E-state index >= 15 is 0 Å². The molecule has 0 unspecified atom stereocenters. The Morgan fingerprint density at radius 1 is 1.21 bits per heavy atom. The molecule has 130 valence electrons. The van der Waals surface area contributed by atoms with Gasteiger partial charge in [0.25, 0.3) is 0 Å². The third kappa shape index (κ3) is 3.96. The predicted molar refractivity (Wildman–Crippen MR) is 94.5 cm³/mol. The Balaban J connectivity index is 1.54. The van der Waals surface area contributed by atoms with Crippen LogP contribution in [0.25, 0.3) is 0 Å². The number of carbonyl (C=O) groups excluding carboxylic acids is 2. The molecule has 5 heteroatoms. The zero-order valence-electron chi connectivity index (χ0n) is 14.8. The fourth-order valence-electron chi connectivity index (χ4n) is 3.37. The van der Waals surface area contributed by atoms with E-state index in [1.165, 1.54) is 5.56 Å². The second-order valence-corrected chi connectivity index (χ2v) is 7.72. The molecular formula is C19H27N3O2. The van der Waals surface area contributed by atoms with Crippen LogP contribution in [0.15, 0.2) is 24.3 Å². The summed E-state index contributed by atoms with van der Waals surface area (Å²) in [7, 11) is 0. The Labute approximate surface area is 144 Å². The van der Waals surface area contributed by atoms with Gasteiger partial charge in [0.2, 0.25) is 11.8 Å². The SMILES string of the molecule is CC(=O)N1CCN(Cc2cccc(NC(=O)[C@H]3CC3(C)C)c2)CC1. The quantitative estimate of drug-likeness (QED) is 0.922. The number of nitrogens with zero attached hydrogens (tertiary/aromatic N) is 2. The highest BCUT2D eigenvalue weighted by atomic mass is 16.2. The minimum Gasteiger partial charge on any atom is -0.340 e. The van der Waals surface area contributed by atoms with Crippen LogP contribution >= 0.6 is 0 Å². The van der Waals surface area contributed by atoms with Gasteiger partial charge in [0, 0.05) is 51.3 Å². The van der Waals surface area contributed by atoms with Crippen LogP contribution in [0.2, 0.25) is 0 Å². The van der Waals surface area contributed by atoms with E-state index < -0.39 is 0 Å². The predicted octanol–water partition coefficient (Wildman–Crippen LogP) is 2.34. The molecule has 3 rings (SSSR count). The first kappa shape index (κ1) is 17.0. The molecule has 1 aliphatic carbocycles. The van der Waals surface area contributed by atoms with Crippen LogP contribution in [0.5, 0.6) is 0 Å². The molecule has 0 aromatic heterocycles. The average Bonchev–Trinajstić information content (AvgIpc) is 3.17. The lowest BCUT2D eigenvalue weighted by Crippen LogP contribution is -2.47. The smallest absolute Gasteiger partial charge is 0.228 e. The van der Waals surface area contributed by atoms with Gasteiger partial charge in [-0.2, -0.15) is 0 Å². The monoisotopic (exact) mass is 329 g/mol. The molecule has 1 saturated heterocycles. The first-order valence-corrected chi connectivity index (χ1v) is 8.73. The Kier molecular flexibility index (Phi) is 4.63. The highest BCUT2D eigenvalue weighted by Gasteiger charge is 2.50. The molecule has 0 radical (unpaired) electrons. The summed E-state index contributed by atoms with van der Waals surface area (Å²) >= 11 is 0. The van der Waals surface area contributed by atoms with Crippen molar-refractivity contribution < 1.29 is 9.59 Å². The van der Waals surface area contributed by atoms with Gasteiger partial charge >= 0.3 is 0 Å². The van der Waals surface area contributed by atoms with E-state index in [0.717, 1.165) is 44.8 Å². The first-order valence-electron chi connectivity index (χ1n) is 8.73. The molecule has 2 amide bonds. The summed E-state index contributed by atoms with van der Waals surface area (Å²) in [5, 5.41) is 3.05. The zero-order chi connectivity index (χ0) is 17.3. The molecule has 1 saturated carbocycles. The van der Waals surface area contributed by atoms with Crippen LogP contribution < -0.4 is 5.32 Å². The number of anilines is 1. The maximum atomic E-state index is 12.2. The molecule has 1 N–H and O–H groups in total. The Bertz CT molecular complexity index is 633. The van der Waals surface area contributed by atoms with E-state index in [0.29, 0.717) is 0 Å². The lowest BCUT2D eigenvalue weighted by Gasteiger charge is -2.34. The summed E-state index contributed by atoms with van der Waals surface area (Å²) in [5.41, 5.74) is 2.22. The molecule has 1 aromatic rings. The lowest BCUT2D eigenvalue weighted by atomic mass is 10.1. The number of rotatable bonds is 4. The molecular weight excluding hydrogens is 302 g/mol. The highest BCUT2D eigenvalue weighted by Crippen LogP contribution is 2.51. The number of hydrogen-bond acceptors (Lipinski definition) is 3. The van der Waals surface area contributed by atoms with E-state index in [9.17, 15) is 9.59 Å². The standard InChI is InChI=1S/C19H27N3O2/c1-14(23)22-9-7-21(8-10-22)13-15-5-4-6-16(11-15)20-18(24)17-12-19(17,2)3/h4-6,11,17H,7-10,12-13H2,1-3H3,(H,20,24)/t17-/m1/s1. The summed E-state index contributed by atoms with van der Waals surface area (Å²) in [6.07, 6.45) is 0.971. The topological polar surface area (TPSA) is 52.7 Å². The van der Waals surface area contributed by atoms with Gasteiger partial charge in [0.1, 0.15) is 0 Å². The third-order valence-corrected chi connectivity index (χ3v) is 5.25. The van der Waals surface area contributed by atoms with E-state index in [-0.39, 0.29) is 23.1 Å². The van der Waals surface area contributed by atoms with Crippen molar-refractivity contribution in [3.8, 4) is 0 Å². The number of amides is 2. The second kappa shape index (κ2) is 6.55. The largest absolute Gasteiger partial charge is 0.340 e.